The monoisotopic (exact) mass is 416 g/mol. The zero-order valence-electron chi connectivity index (χ0n) is 16.6. The third-order valence-electron chi connectivity index (χ3n) is 5.58. The predicted molar refractivity (Wildman–Crippen MR) is 109 cm³/mol. The third-order valence-corrected chi connectivity index (χ3v) is 5.58. The Balaban J connectivity index is 1.40. The summed E-state index contributed by atoms with van der Waals surface area (Å²) < 4.78 is 1.59. The smallest absolute Gasteiger partial charge is 0.294 e. The zero-order valence-corrected chi connectivity index (χ0v) is 16.6. The first-order valence-corrected chi connectivity index (χ1v) is 10.0. The van der Waals surface area contributed by atoms with Gasteiger partial charge in [-0.15, -0.1) is 10.1 Å². The second-order valence-electron chi connectivity index (χ2n) is 7.46. The van der Waals surface area contributed by atoms with Gasteiger partial charge in [0.25, 0.3) is 10.6 Å². The molecule has 3 heterocycles. The molecule has 1 aromatic heterocycles. The Hall–Kier alpha value is -3.05. The largest absolute Gasteiger partial charge is 0.313 e. The molecule has 2 aliphatic rings. The summed E-state index contributed by atoms with van der Waals surface area (Å²) in [5, 5.41) is 10.0. The van der Waals surface area contributed by atoms with Gasteiger partial charge < -0.3 is 4.84 Å². The molecule has 160 valence electrons. The highest BCUT2D eigenvalue weighted by Gasteiger charge is 2.28. The van der Waals surface area contributed by atoms with Crippen LogP contribution in [0.2, 0.25) is 0 Å². The van der Waals surface area contributed by atoms with Gasteiger partial charge in [-0.3, -0.25) is 28.9 Å². The second kappa shape index (κ2) is 8.76. The quantitative estimate of drug-likeness (QED) is 0.476. The van der Waals surface area contributed by atoms with E-state index in [4.69, 9.17) is 0 Å². The van der Waals surface area contributed by atoms with Crippen LogP contribution in [-0.4, -0.2) is 82.8 Å². The average molecular weight is 416 g/mol. The Morgan fingerprint density at radius 1 is 1.10 bits per heavy atom. The van der Waals surface area contributed by atoms with Crippen molar-refractivity contribution in [2.45, 2.75) is 13.0 Å². The van der Waals surface area contributed by atoms with Gasteiger partial charge in [0.05, 0.1) is 17.4 Å². The van der Waals surface area contributed by atoms with E-state index in [0.29, 0.717) is 69.1 Å². The van der Waals surface area contributed by atoms with E-state index >= 15 is 0 Å². The van der Waals surface area contributed by atoms with E-state index in [1.807, 2.05) is 12.1 Å². The molecule has 0 saturated carbocycles. The first-order valence-electron chi connectivity index (χ1n) is 10.0. The lowest BCUT2D eigenvalue weighted by atomic mass is 10.2. The van der Waals surface area contributed by atoms with Gasteiger partial charge in [0, 0.05) is 45.8 Å². The second-order valence-corrected chi connectivity index (χ2v) is 7.46. The van der Waals surface area contributed by atoms with Crippen molar-refractivity contribution in [3.05, 3.63) is 44.7 Å². The van der Waals surface area contributed by atoms with E-state index in [-0.39, 0.29) is 24.6 Å². The number of carbonyl (C=O) groups is 1. The number of anilines is 1. The Labute approximate surface area is 172 Å². The summed E-state index contributed by atoms with van der Waals surface area (Å²) in [5.74, 6) is 0.348. The van der Waals surface area contributed by atoms with Crippen molar-refractivity contribution in [3.63, 3.8) is 0 Å². The number of piperazine rings is 1. The van der Waals surface area contributed by atoms with Crippen LogP contribution in [0.4, 0.5) is 5.95 Å². The minimum atomic E-state index is -0.784. The van der Waals surface area contributed by atoms with Crippen LogP contribution in [0.25, 0.3) is 10.9 Å². The zero-order chi connectivity index (χ0) is 21.1. The summed E-state index contributed by atoms with van der Waals surface area (Å²) in [6.07, 6.45) is 0.711. The molecule has 2 aromatic rings. The van der Waals surface area contributed by atoms with Crippen molar-refractivity contribution in [2.24, 2.45) is 0 Å². The number of nitrogens with zero attached hydrogens (tertiary/aromatic N) is 6. The molecule has 1 aromatic carbocycles. The van der Waals surface area contributed by atoms with Crippen LogP contribution in [0, 0.1) is 10.1 Å². The molecular weight excluding hydrogens is 392 g/mol. The molecule has 0 unspecified atom stereocenters. The molecule has 0 N–H and O–H groups in total. The number of amides is 1. The summed E-state index contributed by atoms with van der Waals surface area (Å²) in [6.45, 7) is 4.70. The number of aromatic nitrogens is 2. The SMILES string of the molecule is O=C(CN1CCN(CCO[N+](=O)[O-])CC1)N1CCCn2c1nc1ccccc1c2=O. The number of rotatable bonds is 6. The number of fused-ring (bicyclic) bond motifs is 2. The van der Waals surface area contributed by atoms with Crippen LogP contribution >= 0.6 is 0 Å². The molecule has 1 amide bonds. The van der Waals surface area contributed by atoms with Crippen LogP contribution in [0.1, 0.15) is 6.42 Å². The van der Waals surface area contributed by atoms with Crippen molar-refractivity contribution < 1.29 is 14.7 Å². The van der Waals surface area contributed by atoms with Gasteiger partial charge in [0.15, 0.2) is 0 Å². The average Bonchev–Trinajstić information content (AvgIpc) is 2.74. The standard InChI is InChI=1S/C19H24N6O5/c26-17(14-22-10-8-21(9-11-22)12-13-30-25(28)29)23-6-3-7-24-18(27)15-4-1-2-5-16(15)20-19(23)24/h1-2,4-5H,3,6-14H2. The van der Waals surface area contributed by atoms with Gasteiger partial charge in [-0.1, -0.05) is 12.1 Å². The van der Waals surface area contributed by atoms with E-state index in [9.17, 15) is 19.7 Å². The third kappa shape index (κ3) is 4.26. The van der Waals surface area contributed by atoms with E-state index < -0.39 is 5.09 Å². The minimum Gasteiger partial charge on any atom is -0.313 e. The van der Waals surface area contributed by atoms with Gasteiger partial charge in [-0.05, 0) is 18.6 Å². The Kier molecular flexibility index (Phi) is 5.91. The molecule has 0 spiro atoms. The minimum absolute atomic E-state index is 0.0465. The van der Waals surface area contributed by atoms with Crippen molar-refractivity contribution in [1.29, 1.82) is 0 Å². The van der Waals surface area contributed by atoms with Gasteiger partial charge >= 0.3 is 0 Å². The van der Waals surface area contributed by atoms with Crippen molar-refractivity contribution in [2.75, 3.05) is 57.3 Å². The predicted octanol–water partition coefficient (Wildman–Crippen LogP) is -0.0409. The lowest BCUT2D eigenvalue weighted by molar-refractivity contribution is -0.757. The molecule has 1 fully saturated rings. The normalized spacial score (nSPS) is 17.7. The fourth-order valence-electron chi connectivity index (χ4n) is 3.98. The molecular formula is C19H24N6O5. The van der Waals surface area contributed by atoms with Crippen LogP contribution in [-0.2, 0) is 16.2 Å². The number of hydrogen-bond donors (Lipinski definition) is 0. The Morgan fingerprint density at radius 2 is 1.83 bits per heavy atom. The molecule has 11 nitrogen and oxygen atoms in total. The lowest BCUT2D eigenvalue weighted by Gasteiger charge is -2.36. The topological polar surface area (TPSA) is 114 Å². The molecule has 0 radical (unpaired) electrons. The van der Waals surface area contributed by atoms with Crippen molar-refractivity contribution in [3.8, 4) is 0 Å². The van der Waals surface area contributed by atoms with E-state index in [1.165, 1.54) is 0 Å². The maximum atomic E-state index is 13.0. The van der Waals surface area contributed by atoms with E-state index in [0.717, 1.165) is 0 Å². The summed E-state index contributed by atoms with van der Waals surface area (Å²) in [5.41, 5.74) is 0.484. The molecule has 4 rings (SSSR count). The van der Waals surface area contributed by atoms with Crippen LogP contribution in [0.5, 0.6) is 0 Å². The number of benzene rings is 1. The fraction of sp³-hybridized carbons (Fsp3) is 0.526. The van der Waals surface area contributed by atoms with Crippen LogP contribution in [0.15, 0.2) is 29.1 Å². The fourth-order valence-corrected chi connectivity index (χ4v) is 3.98. The molecule has 30 heavy (non-hydrogen) atoms. The summed E-state index contributed by atoms with van der Waals surface area (Å²) in [4.78, 5) is 50.8. The molecule has 0 atom stereocenters. The van der Waals surface area contributed by atoms with E-state index in [1.54, 1.807) is 21.6 Å². The molecule has 0 bridgehead atoms. The Bertz CT molecular complexity index is 1000. The van der Waals surface area contributed by atoms with Crippen LogP contribution in [0.3, 0.4) is 0 Å². The van der Waals surface area contributed by atoms with Gasteiger partial charge in [-0.2, -0.15) is 0 Å². The van der Waals surface area contributed by atoms with Gasteiger partial charge in [0.1, 0.15) is 6.61 Å². The van der Waals surface area contributed by atoms with Gasteiger partial charge in [-0.25, -0.2) is 4.98 Å². The number of carbonyl (C=O) groups excluding carboxylic acids is 1. The van der Waals surface area contributed by atoms with Gasteiger partial charge in [0.2, 0.25) is 11.9 Å². The maximum absolute atomic E-state index is 13.0. The molecule has 0 aliphatic carbocycles. The number of hydrogen-bond acceptors (Lipinski definition) is 8. The summed E-state index contributed by atoms with van der Waals surface area (Å²) in [6, 6.07) is 7.19. The highest BCUT2D eigenvalue weighted by atomic mass is 16.9. The lowest BCUT2D eigenvalue weighted by Crippen LogP contribution is -2.52. The van der Waals surface area contributed by atoms with E-state index in [2.05, 4.69) is 19.6 Å². The summed E-state index contributed by atoms with van der Waals surface area (Å²) >= 11 is 0. The first kappa shape index (κ1) is 20.2. The highest BCUT2D eigenvalue weighted by Crippen LogP contribution is 2.20. The molecule has 2 aliphatic heterocycles. The van der Waals surface area contributed by atoms with Crippen molar-refractivity contribution >= 4 is 22.8 Å². The maximum Gasteiger partial charge on any atom is 0.294 e. The molecule has 1 saturated heterocycles. The number of para-hydroxylation sites is 1. The first-order chi connectivity index (χ1) is 14.5. The van der Waals surface area contributed by atoms with Crippen LogP contribution < -0.4 is 10.5 Å². The summed E-state index contributed by atoms with van der Waals surface area (Å²) in [7, 11) is 0. The van der Waals surface area contributed by atoms with Crippen molar-refractivity contribution in [1.82, 2.24) is 19.4 Å². The molecule has 11 heteroatoms. The highest BCUT2D eigenvalue weighted by molar-refractivity contribution is 5.94. The Morgan fingerprint density at radius 3 is 2.60 bits per heavy atom.